The molecule has 0 aliphatic carbocycles. The van der Waals surface area contributed by atoms with Gasteiger partial charge in [0.2, 0.25) is 0 Å². The monoisotopic (exact) mass is 164 g/mol. The predicted molar refractivity (Wildman–Crippen MR) is 46.6 cm³/mol. The molecular formula is C9H12N2O. The molecule has 3 heteroatoms. The van der Waals surface area contributed by atoms with E-state index in [1.807, 2.05) is 18.2 Å². The molecule has 12 heavy (non-hydrogen) atoms. The second-order valence-corrected chi connectivity index (χ2v) is 2.99. The van der Waals surface area contributed by atoms with Crippen LogP contribution in [0.25, 0.3) is 0 Å². The summed E-state index contributed by atoms with van der Waals surface area (Å²) in [5.41, 5.74) is 1.23. The van der Waals surface area contributed by atoms with Gasteiger partial charge in [-0.1, -0.05) is 12.1 Å². The first kappa shape index (κ1) is 7.58. The first-order valence-electron chi connectivity index (χ1n) is 3.96. The van der Waals surface area contributed by atoms with Crippen LogP contribution in [0.4, 0.5) is 0 Å². The lowest BCUT2D eigenvalue weighted by atomic mass is 10.1. The molecule has 2 unspecified atom stereocenters. The van der Waals surface area contributed by atoms with Crippen LogP contribution < -0.4 is 10.6 Å². The molecule has 0 radical (unpaired) electrons. The molecule has 1 aromatic rings. The van der Waals surface area contributed by atoms with Gasteiger partial charge >= 0.3 is 0 Å². The molecule has 2 rings (SSSR count). The second-order valence-electron chi connectivity index (χ2n) is 2.99. The summed E-state index contributed by atoms with van der Waals surface area (Å²) < 4.78 is 5.11. The molecule has 1 aromatic carbocycles. The van der Waals surface area contributed by atoms with Crippen molar-refractivity contribution < 1.29 is 4.74 Å². The summed E-state index contributed by atoms with van der Waals surface area (Å²) in [7, 11) is 1.67. The van der Waals surface area contributed by atoms with Gasteiger partial charge in [-0.2, -0.15) is 0 Å². The first-order valence-corrected chi connectivity index (χ1v) is 3.96. The molecule has 0 saturated carbocycles. The van der Waals surface area contributed by atoms with Crippen LogP contribution in [-0.2, 0) is 0 Å². The number of ether oxygens (including phenoxy) is 1. The van der Waals surface area contributed by atoms with E-state index in [-0.39, 0.29) is 0 Å². The van der Waals surface area contributed by atoms with Gasteiger partial charge in [0.15, 0.2) is 0 Å². The molecule has 2 N–H and O–H groups in total. The Balaban J connectivity index is 2.21. The van der Waals surface area contributed by atoms with Crippen molar-refractivity contribution >= 4 is 0 Å². The molecule has 0 amide bonds. The Bertz CT molecular complexity index is 288. The fraction of sp³-hybridized carbons (Fsp3) is 0.333. The number of methoxy groups -OCH3 is 1. The van der Waals surface area contributed by atoms with Gasteiger partial charge in [-0.05, 0) is 17.7 Å². The number of nitrogens with two attached hydrogens (primary N) is 1. The van der Waals surface area contributed by atoms with E-state index >= 15 is 0 Å². The average molecular weight is 164 g/mol. The third-order valence-corrected chi connectivity index (χ3v) is 2.13. The topological polar surface area (TPSA) is 38.3 Å². The fourth-order valence-electron chi connectivity index (χ4n) is 1.30. The minimum Gasteiger partial charge on any atom is -0.497 e. The summed E-state index contributed by atoms with van der Waals surface area (Å²) in [6, 6.07) is 8.42. The Hall–Kier alpha value is -1.06. The zero-order chi connectivity index (χ0) is 8.55. The van der Waals surface area contributed by atoms with E-state index in [4.69, 9.17) is 10.6 Å². The zero-order valence-corrected chi connectivity index (χ0v) is 7.03. The molecule has 1 fully saturated rings. The lowest BCUT2D eigenvalue weighted by Gasteiger charge is -2.02. The Labute approximate surface area is 71.7 Å². The van der Waals surface area contributed by atoms with Crippen LogP contribution >= 0.6 is 0 Å². The molecule has 1 aliphatic heterocycles. The molecule has 0 spiro atoms. The third kappa shape index (κ3) is 1.29. The molecular weight excluding hydrogens is 152 g/mol. The molecule has 1 heterocycles. The van der Waals surface area contributed by atoms with Gasteiger partial charge in [0.05, 0.1) is 13.2 Å². The predicted octanol–water partition coefficient (Wildman–Crippen LogP) is 0.926. The maximum absolute atomic E-state index is 5.58. The SMILES string of the molecule is COc1cccc(C2CN2N)c1. The molecule has 1 saturated heterocycles. The van der Waals surface area contributed by atoms with E-state index in [1.165, 1.54) is 5.56 Å². The number of hydrogen-bond acceptors (Lipinski definition) is 3. The minimum absolute atomic E-state index is 0.403. The van der Waals surface area contributed by atoms with Crippen molar-refractivity contribution in [2.24, 2.45) is 5.84 Å². The third-order valence-electron chi connectivity index (χ3n) is 2.13. The van der Waals surface area contributed by atoms with Gasteiger partial charge < -0.3 is 4.74 Å². The zero-order valence-electron chi connectivity index (χ0n) is 7.03. The molecule has 64 valence electrons. The molecule has 3 nitrogen and oxygen atoms in total. The quantitative estimate of drug-likeness (QED) is 0.522. The highest BCUT2D eigenvalue weighted by atomic mass is 16.5. The summed E-state index contributed by atoms with van der Waals surface area (Å²) in [6.07, 6.45) is 0. The average Bonchev–Trinajstić information content (AvgIpc) is 2.83. The van der Waals surface area contributed by atoms with Crippen LogP contribution in [-0.4, -0.2) is 18.7 Å². The van der Waals surface area contributed by atoms with E-state index in [1.54, 1.807) is 12.1 Å². The van der Waals surface area contributed by atoms with Crippen molar-refractivity contribution in [3.8, 4) is 5.75 Å². The molecule has 2 atom stereocenters. The highest BCUT2D eigenvalue weighted by Gasteiger charge is 2.32. The van der Waals surface area contributed by atoms with Gasteiger partial charge in [-0.3, -0.25) is 5.84 Å². The summed E-state index contributed by atoms with van der Waals surface area (Å²) >= 11 is 0. The van der Waals surface area contributed by atoms with Crippen LogP contribution in [0.2, 0.25) is 0 Å². The van der Waals surface area contributed by atoms with Gasteiger partial charge in [-0.25, -0.2) is 5.01 Å². The van der Waals surface area contributed by atoms with Crippen LogP contribution in [0.15, 0.2) is 24.3 Å². The van der Waals surface area contributed by atoms with Gasteiger partial charge in [0.1, 0.15) is 5.75 Å². The standard InChI is InChI=1S/C9H12N2O/c1-12-8-4-2-3-7(5-8)9-6-11(9)10/h2-5,9H,6,10H2,1H3. The van der Waals surface area contributed by atoms with Crippen LogP contribution in [0, 0.1) is 0 Å². The molecule has 1 aliphatic rings. The number of nitrogens with zero attached hydrogens (tertiary/aromatic N) is 1. The lowest BCUT2D eigenvalue weighted by molar-refractivity contribution is 0.414. The second kappa shape index (κ2) is 2.77. The molecule has 0 bridgehead atoms. The van der Waals surface area contributed by atoms with E-state index in [0.29, 0.717) is 6.04 Å². The Morgan fingerprint density at radius 2 is 2.33 bits per heavy atom. The summed E-state index contributed by atoms with van der Waals surface area (Å²) in [5, 5.41) is 1.80. The van der Waals surface area contributed by atoms with Crippen molar-refractivity contribution in [2.75, 3.05) is 13.7 Å². The largest absolute Gasteiger partial charge is 0.497 e. The van der Waals surface area contributed by atoms with Crippen LogP contribution in [0.5, 0.6) is 5.75 Å². The summed E-state index contributed by atoms with van der Waals surface area (Å²) in [6.45, 7) is 0.952. The van der Waals surface area contributed by atoms with Crippen molar-refractivity contribution in [3.05, 3.63) is 29.8 Å². The maximum atomic E-state index is 5.58. The van der Waals surface area contributed by atoms with E-state index in [0.717, 1.165) is 12.3 Å². The van der Waals surface area contributed by atoms with Crippen LogP contribution in [0.1, 0.15) is 11.6 Å². The fourth-order valence-corrected chi connectivity index (χ4v) is 1.30. The van der Waals surface area contributed by atoms with Crippen LogP contribution in [0.3, 0.4) is 0 Å². The number of hydrogen-bond donors (Lipinski definition) is 1. The Morgan fingerprint density at radius 3 is 2.92 bits per heavy atom. The lowest BCUT2D eigenvalue weighted by Crippen LogP contribution is -2.05. The van der Waals surface area contributed by atoms with Crippen molar-refractivity contribution in [1.29, 1.82) is 0 Å². The Kier molecular flexibility index (Phi) is 1.75. The highest BCUT2D eigenvalue weighted by Crippen LogP contribution is 2.32. The van der Waals surface area contributed by atoms with E-state index in [9.17, 15) is 0 Å². The van der Waals surface area contributed by atoms with Gasteiger partial charge in [0.25, 0.3) is 0 Å². The summed E-state index contributed by atoms with van der Waals surface area (Å²) in [4.78, 5) is 0. The highest BCUT2D eigenvalue weighted by molar-refractivity contribution is 5.32. The van der Waals surface area contributed by atoms with E-state index in [2.05, 4.69) is 6.07 Å². The van der Waals surface area contributed by atoms with Gasteiger partial charge in [-0.15, -0.1) is 0 Å². The smallest absolute Gasteiger partial charge is 0.119 e. The van der Waals surface area contributed by atoms with Gasteiger partial charge in [0, 0.05) is 6.54 Å². The number of hydrazine groups is 1. The first-order chi connectivity index (χ1) is 5.81. The summed E-state index contributed by atoms with van der Waals surface area (Å²) in [5.74, 6) is 6.48. The minimum atomic E-state index is 0.403. The van der Waals surface area contributed by atoms with E-state index < -0.39 is 0 Å². The van der Waals surface area contributed by atoms with Crippen molar-refractivity contribution in [3.63, 3.8) is 0 Å². The maximum Gasteiger partial charge on any atom is 0.119 e. The number of benzene rings is 1. The molecule has 0 aromatic heterocycles. The van der Waals surface area contributed by atoms with Crippen molar-refractivity contribution in [2.45, 2.75) is 6.04 Å². The van der Waals surface area contributed by atoms with Crippen molar-refractivity contribution in [1.82, 2.24) is 5.01 Å². The normalized spacial score (nSPS) is 26.8. The number of rotatable bonds is 2. The Morgan fingerprint density at radius 1 is 1.58 bits per heavy atom.